The second-order valence-electron chi connectivity index (χ2n) is 5.17. The van der Waals surface area contributed by atoms with Gasteiger partial charge in [-0.2, -0.15) is 0 Å². The minimum absolute atomic E-state index is 1.09. The van der Waals surface area contributed by atoms with Crippen LogP contribution in [0.25, 0.3) is 0 Å². The zero-order chi connectivity index (χ0) is 13.3. The van der Waals surface area contributed by atoms with E-state index in [1.165, 1.54) is 70.6 Å². The van der Waals surface area contributed by atoms with Gasteiger partial charge in [0.15, 0.2) is 0 Å². The summed E-state index contributed by atoms with van der Waals surface area (Å²) in [6.07, 6.45) is 26.0. The Hall–Kier alpha value is -0.520. The lowest BCUT2D eigenvalue weighted by Crippen LogP contribution is -1.80. The minimum Gasteiger partial charge on any atom is -0.0845 e. The van der Waals surface area contributed by atoms with E-state index >= 15 is 0 Å². The van der Waals surface area contributed by atoms with Crippen LogP contribution in [0.1, 0.15) is 90.9 Å². The van der Waals surface area contributed by atoms with Crippen LogP contribution >= 0.6 is 0 Å². The number of unbranched alkanes of at least 4 members (excludes halogenated alkanes) is 10. The second-order valence-corrected chi connectivity index (χ2v) is 5.17. The topological polar surface area (TPSA) is 0 Å². The van der Waals surface area contributed by atoms with Gasteiger partial charge in [-0.05, 0) is 25.3 Å². The van der Waals surface area contributed by atoms with E-state index in [1.54, 1.807) is 0 Å². The molecule has 0 aliphatic carbocycles. The Morgan fingerprint density at radius 1 is 0.722 bits per heavy atom. The molecule has 0 saturated carbocycles. The molecule has 0 aromatic heterocycles. The van der Waals surface area contributed by atoms with Crippen LogP contribution < -0.4 is 0 Å². The second kappa shape index (κ2) is 16.5. The maximum absolute atomic E-state index is 3.26. The van der Waals surface area contributed by atoms with Crippen LogP contribution in [-0.2, 0) is 0 Å². The van der Waals surface area contributed by atoms with E-state index < -0.39 is 0 Å². The van der Waals surface area contributed by atoms with Gasteiger partial charge >= 0.3 is 0 Å². The molecule has 0 aromatic rings. The Morgan fingerprint density at radius 3 is 1.94 bits per heavy atom. The van der Waals surface area contributed by atoms with Crippen LogP contribution in [0.4, 0.5) is 0 Å². The normalized spacial score (nSPS) is 11.9. The minimum atomic E-state index is 1.09. The van der Waals surface area contributed by atoms with Crippen molar-refractivity contribution in [2.75, 3.05) is 0 Å². The molecule has 0 N–H and O–H groups in total. The molecular formula is C18H33. The Labute approximate surface area is 116 Å². The van der Waals surface area contributed by atoms with Crippen molar-refractivity contribution in [3.8, 4) is 0 Å². The monoisotopic (exact) mass is 249 g/mol. The molecule has 0 atom stereocenters. The highest BCUT2D eigenvalue weighted by Crippen LogP contribution is 2.10. The van der Waals surface area contributed by atoms with Crippen LogP contribution in [0.15, 0.2) is 18.2 Å². The molecule has 0 saturated heterocycles. The maximum atomic E-state index is 3.26. The number of hydrogen-bond acceptors (Lipinski definition) is 0. The molecule has 0 aliphatic heterocycles. The van der Waals surface area contributed by atoms with Crippen molar-refractivity contribution < 1.29 is 0 Å². The first-order valence-corrected chi connectivity index (χ1v) is 8.13. The van der Waals surface area contributed by atoms with Crippen molar-refractivity contribution in [2.45, 2.75) is 90.9 Å². The smallest absolute Gasteiger partial charge is 0.0279 e. The summed E-state index contributed by atoms with van der Waals surface area (Å²) in [6, 6.07) is 0. The number of hydrogen-bond donors (Lipinski definition) is 0. The third kappa shape index (κ3) is 15.5. The van der Waals surface area contributed by atoms with E-state index in [-0.39, 0.29) is 0 Å². The number of rotatable bonds is 13. The summed E-state index contributed by atoms with van der Waals surface area (Å²) < 4.78 is 0. The van der Waals surface area contributed by atoms with Gasteiger partial charge in [0.05, 0.1) is 0 Å². The Bertz CT molecular complexity index is 188. The van der Waals surface area contributed by atoms with Crippen LogP contribution in [0.5, 0.6) is 0 Å². The Balaban J connectivity index is 3.07. The summed E-state index contributed by atoms with van der Waals surface area (Å²) in [5, 5.41) is 0. The van der Waals surface area contributed by atoms with Gasteiger partial charge in [-0.25, -0.2) is 0 Å². The highest BCUT2D eigenvalue weighted by atomic mass is 14.0. The molecule has 0 nitrogen and oxygen atoms in total. The van der Waals surface area contributed by atoms with Crippen LogP contribution in [0, 0.1) is 6.08 Å². The molecule has 0 bridgehead atoms. The molecular weight excluding hydrogens is 216 g/mol. The van der Waals surface area contributed by atoms with Crippen molar-refractivity contribution in [3.05, 3.63) is 24.3 Å². The summed E-state index contributed by atoms with van der Waals surface area (Å²) in [4.78, 5) is 0. The summed E-state index contributed by atoms with van der Waals surface area (Å²) in [7, 11) is 0. The highest BCUT2D eigenvalue weighted by Gasteiger charge is 1.90. The van der Waals surface area contributed by atoms with Crippen LogP contribution in [0.2, 0.25) is 0 Å². The van der Waals surface area contributed by atoms with Crippen molar-refractivity contribution in [1.82, 2.24) is 0 Å². The summed E-state index contributed by atoms with van der Waals surface area (Å²) in [5.74, 6) is 0. The first kappa shape index (κ1) is 17.5. The third-order valence-electron chi connectivity index (χ3n) is 3.22. The van der Waals surface area contributed by atoms with Gasteiger partial charge in [-0.1, -0.05) is 89.9 Å². The van der Waals surface area contributed by atoms with E-state index in [4.69, 9.17) is 0 Å². The van der Waals surface area contributed by atoms with Crippen molar-refractivity contribution in [1.29, 1.82) is 0 Å². The predicted molar refractivity (Wildman–Crippen MR) is 83.7 cm³/mol. The lowest BCUT2D eigenvalue weighted by molar-refractivity contribution is 0.566. The Morgan fingerprint density at radius 2 is 1.33 bits per heavy atom. The van der Waals surface area contributed by atoms with E-state index in [1.807, 2.05) is 0 Å². The van der Waals surface area contributed by atoms with Gasteiger partial charge in [0.1, 0.15) is 0 Å². The lowest BCUT2D eigenvalue weighted by Gasteiger charge is -2.00. The highest BCUT2D eigenvalue weighted by molar-refractivity contribution is 4.98. The van der Waals surface area contributed by atoms with Crippen molar-refractivity contribution in [2.24, 2.45) is 0 Å². The van der Waals surface area contributed by atoms with E-state index in [0.717, 1.165) is 6.42 Å². The zero-order valence-corrected chi connectivity index (χ0v) is 12.7. The van der Waals surface area contributed by atoms with E-state index in [0.29, 0.717) is 0 Å². The standard InChI is InChI=1S/C18H33/c1-3-5-7-9-11-13-15-17-18-16-14-12-10-8-6-4-2/h10,12,14H,3-7,9,11,13,15-18H2,1-2H3/b10-8?,14-12+. The van der Waals surface area contributed by atoms with Crippen molar-refractivity contribution in [3.63, 3.8) is 0 Å². The van der Waals surface area contributed by atoms with E-state index in [9.17, 15) is 0 Å². The van der Waals surface area contributed by atoms with Gasteiger partial charge in [-0.15, -0.1) is 0 Å². The first-order chi connectivity index (χ1) is 8.91. The molecule has 0 unspecified atom stereocenters. The average molecular weight is 249 g/mol. The van der Waals surface area contributed by atoms with Gasteiger partial charge in [0.2, 0.25) is 0 Å². The van der Waals surface area contributed by atoms with Gasteiger partial charge in [0.25, 0.3) is 0 Å². The molecule has 0 rings (SSSR count). The molecule has 0 aromatic carbocycles. The molecule has 0 aliphatic rings. The fourth-order valence-corrected chi connectivity index (χ4v) is 2.03. The fraction of sp³-hybridized carbons (Fsp3) is 0.778. The zero-order valence-electron chi connectivity index (χ0n) is 12.7. The molecule has 0 heteroatoms. The third-order valence-corrected chi connectivity index (χ3v) is 3.22. The number of allylic oxidation sites excluding steroid dienone is 4. The SMILES string of the molecule is CCC/[C]=C\C=C\CCCCCCCCCCC. The molecule has 105 valence electrons. The summed E-state index contributed by atoms with van der Waals surface area (Å²) >= 11 is 0. The quantitative estimate of drug-likeness (QED) is 0.254. The molecule has 0 amide bonds. The molecule has 1 radical (unpaired) electrons. The molecule has 18 heavy (non-hydrogen) atoms. The molecule has 0 spiro atoms. The largest absolute Gasteiger partial charge is 0.0845 e. The van der Waals surface area contributed by atoms with Gasteiger partial charge in [-0.3, -0.25) is 0 Å². The predicted octanol–water partition coefficient (Wildman–Crippen LogP) is 6.62. The maximum Gasteiger partial charge on any atom is -0.0279 e. The molecule has 0 heterocycles. The fourth-order valence-electron chi connectivity index (χ4n) is 2.03. The average Bonchev–Trinajstić information content (AvgIpc) is 2.39. The lowest BCUT2D eigenvalue weighted by atomic mass is 10.1. The van der Waals surface area contributed by atoms with Gasteiger partial charge < -0.3 is 0 Å². The van der Waals surface area contributed by atoms with Gasteiger partial charge in [0, 0.05) is 0 Å². The Kier molecular flexibility index (Phi) is 16.0. The van der Waals surface area contributed by atoms with E-state index in [2.05, 4.69) is 38.2 Å². The summed E-state index contributed by atoms with van der Waals surface area (Å²) in [5.41, 5.74) is 0. The van der Waals surface area contributed by atoms with Crippen molar-refractivity contribution >= 4 is 0 Å². The van der Waals surface area contributed by atoms with Crippen LogP contribution in [-0.4, -0.2) is 0 Å². The summed E-state index contributed by atoms with van der Waals surface area (Å²) in [6.45, 7) is 4.47. The van der Waals surface area contributed by atoms with Crippen LogP contribution in [0.3, 0.4) is 0 Å². The molecule has 0 fully saturated rings. The first-order valence-electron chi connectivity index (χ1n) is 8.13.